The van der Waals surface area contributed by atoms with Crippen molar-refractivity contribution in [1.82, 2.24) is 4.90 Å². The topological polar surface area (TPSA) is 40.5 Å². The number of aryl methyl sites for hydroxylation is 1. The number of carboxylic acid groups (broad SMARTS) is 1. The number of hydrogen-bond donors (Lipinski definition) is 1. The Hall–Kier alpha value is -1.35. The minimum absolute atomic E-state index is 0.335. The summed E-state index contributed by atoms with van der Waals surface area (Å²) in [6.07, 6.45) is 0. The molecular weight excluding hydrogens is 226 g/mol. The monoisotopic (exact) mass is 249 g/mol. The van der Waals surface area contributed by atoms with E-state index in [-0.39, 0.29) is 5.92 Å². The number of hydrogen-bond acceptors (Lipinski definition) is 2. The zero-order valence-corrected chi connectivity index (χ0v) is 11.7. The normalized spacial score (nSPS) is 13.0. The first kappa shape index (κ1) is 14.7. The minimum Gasteiger partial charge on any atom is -0.481 e. The summed E-state index contributed by atoms with van der Waals surface area (Å²) in [5.74, 6) is -1.07. The van der Waals surface area contributed by atoms with Crippen LogP contribution in [0, 0.1) is 12.8 Å². The summed E-state index contributed by atoms with van der Waals surface area (Å²) in [5, 5.41) is 8.99. The van der Waals surface area contributed by atoms with Gasteiger partial charge < -0.3 is 5.11 Å². The molecule has 0 aliphatic rings. The van der Waals surface area contributed by atoms with E-state index in [4.69, 9.17) is 5.11 Å². The fraction of sp³-hybridized carbons (Fsp3) is 0.533. The van der Waals surface area contributed by atoms with E-state index < -0.39 is 5.97 Å². The number of nitrogens with zero attached hydrogens (tertiary/aromatic N) is 1. The molecule has 0 spiro atoms. The fourth-order valence-corrected chi connectivity index (χ4v) is 1.82. The van der Waals surface area contributed by atoms with Crippen molar-refractivity contribution in [2.24, 2.45) is 5.92 Å². The van der Waals surface area contributed by atoms with Crippen molar-refractivity contribution in [3.8, 4) is 0 Å². The van der Waals surface area contributed by atoms with Gasteiger partial charge in [-0.3, -0.25) is 9.69 Å². The van der Waals surface area contributed by atoms with Crippen LogP contribution in [-0.2, 0) is 11.3 Å². The number of aliphatic carboxylic acids is 1. The van der Waals surface area contributed by atoms with Crippen LogP contribution < -0.4 is 0 Å². The van der Waals surface area contributed by atoms with Crippen LogP contribution >= 0.6 is 0 Å². The van der Waals surface area contributed by atoms with Crippen molar-refractivity contribution in [1.29, 1.82) is 0 Å². The Morgan fingerprint density at radius 1 is 1.22 bits per heavy atom. The van der Waals surface area contributed by atoms with Crippen molar-refractivity contribution in [3.05, 3.63) is 35.4 Å². The molecule has 0 saturated carbocycles. The molecule has 1 aromatic rings. The van der Waals surface area contributed by atoms with Crippen molar-refractivity contribution in [3.63, 3.8) is 0 Å². The molecule has 3 heteroatoms. The highest BCUT2D eigenvalue weighted by molar-refractivity contribution is 5.69. The summed E-state index contributed by atoms with van der Waals surface area (Å²) in [6.45, 7) is 9.41. The number of carbonyl (C=O) groups is 1. The third kappa shape index (κ3) is 4.49. The number of rotatable bonds is 6. The molecule has 1 rings (SSSR count). The average Bonchev–Trinajstić information content (AvgIpc) is 2.30. The maximum absolute atomic E-state index is 10.9. The van der Waals surface area contributed by atoms with Crippen LogP contribution in [0.5, 0.6) is 0 Å². The number of benzene rings is 1. The second kappa shape index (κ2) is 6.55. The van der Waals surface area contributed by atoms with Gasteiger partial charge in [-0.25, -0.2) is 0 Å². The van der Waals surface area contributed by atoms with Gasteiger partial charge in [0, 0.05) is 19.1 Å². The molecule has 0 heterocycles. The van der Waals surface area contributed by atoms with Crippen LogP contribution in [-0.4, -0.2) is 28.6 Å². The smallest absolute Gasteiger partial charge is 0.307 e. The third-order valence-corrected chi connectivity index (χ3v) is 3.17. The van der Waals surface area contributed by atoms with Gasteiger partial charge in [0.05, 0.1) is 5.92 Å². The Morgan fingerprint density at radius 3 is 2.22 bits per heavy atom. The van der Waals surface area contributed by atoms with E-state index in [0.717, 1.165) is 6.54 Å². The molecule has 0 aromatic heterocycles. The quantitative estimate of drug-likeness (QED) is 0.842. The highest BCUT2D eigenvalue weighted by Crippen LogP contribution is 2.12. The standard InChI is InChI=1S/C15H23NO2/c1-11(2)16(9-13(4)15(17)18)10-14-7-5-12(3)6-8-14/h5-8,11,13H,9-10H2,1-4H3,(H,17,18). The second-order valence-electron chi connectivity index (χ2n) is 5.25. The molecule has 1 atom stereocenters. The average molecular weight is 249 g/mol. The lowest BCUT2D eigenvalue weighted by atomic mass is 10.1. The maximum atomic E-state index is 10.9. The summed E-state index contributed by atoms with van der Waals surface area (Å²) in [4.78, 5) is 13.1. The third-order valence-electron chi connectivity index (χ3n) is 3.17. The van der Waals surface area contributed by atoms with Crippen LogP contribution in [0.4, 0.5) is 0 Å². The molecule has 0 aliphatic heterocycles. The van der Waals surface area contributed by atoms with Gasteiger partial charge in [0.15, 0.2) is 0 Å². The Balaban J connectivity index is 2.68. The summed E-state index contributed by atoms with van der Waals surface area (Å²) >= 11 is 0. The molecule has 0 fully saturated rings. The Bertz CT molecular complexity index is 384. The highest BCUT2D eigenvalue weighted by Gasteiger charge is 2.18. The van der Waals surface area contributed by atoms with Crippen LogP contribution in [0.15, 0.2) is 24.3 Å². The first-order valence-corrected chi connectivity index (χ1v) is 6.42. The predicted molar refractivity (Wildman–Crippen MR) is 73.5 cm³/mol. The van der Waals surface area contributed by atoms with Gasteiger partial charge in [-0.05, 0) is 26.3 Å². The van der Waals surface area contributed by atoms with E-state index in [1.54, 1.807) is 6.92 Å². The van der Waals surface area contributed by atoms with E-state index in [1.165, 1.54) is 11.1 Å². The van der Waals surface area contributed by atoms with Gasteiger partial charge in [-0.1, -0.05) is 36.8 Å². The Labute approximate surface area is 109 Å². The van der Waals surface area contributed by atoms with Crippen LogP contribution in [0.1, 0.15) is 31.9 Å². The fourth-order valence-electron chi connectivity index (χ4n) is 1.82. The van der Waals surface area contributed by atoms with Gasteiger partial charge in [-0.2, -0.15) is 0 Å². The van der Waals surface area contributed by atoms with Gasteiger partial charge in [0.2, 0.25) is 0 Å². The Morgan fingerprint density at radius 2 is 1.78 bits per heavy atom. The molecule has 0 bridgehead atoms. The SMILES string of the molecule is Cc1ccc(CN(CC(C)C(=O)O)C(C)C)cc1. The molecular formula is C15H23NO2. The van der Waals surface area contributed by atoms with Crippen molar-refractivity contribution < 1.29 is 9.90 Å². The molecule has 1 N–H and O–H groups in total. The van der Waals surface area contributed by atoms with Gasteiger partial charge in [0.25, 0.3) is 0 Å². The largest absolute Gasteiger partial charge is 0.481 e. The molecule has 100 valence electrons. The van der Waals surface area contributed by atoms with Crippen LogP contribution in [0.25, 0.3) is 0 Å². The second-order valence-corrected chi connectivity index (χ2v) is 5.25. The number of carboxylic acids is 1. The molecule has 1 unspecified atom stereocenters. The Kier molecular flexibility index (Phi) is 5.35. The van der Waals surface area contributed by atoms with Crippen molar-refractivity contribution in [2.45, 2.75) is 40.3 Å². The molecule has 0 radical (unpaired) electrons. The highest BCUT2D eigenvalue weighted by atomic mass is 16.4. The minimum atomic E-state index is -0.732. The van der Waals surface area contributed by atoms with E-state index in [1.807, 2.05) is 0 Å². The zero-order chi connectivity index (χ0) is 13.7. The van der Waals surface area contributed by atoms with Crippen LogP contribution in [0.3, 0.4) is 0 Å². The van der Waals surface area contributed by atoms with Gasteiger partial charge >= 0.3 is 5.97 Å². The predicted octanol–water partition coefficient (Wildman–Crippen LogP) is 2.93. The molecule has 1 aromatic carbocycles. The van der Waals surface area contributed by atoms with E-state index in [9.17, 15) is 4.79 Å². The van der Waals surface area contributed by atoms with E-state index >= 15 is 0 Å². The van der Waals surface area contributed by atoms with Gasteiger partial charge in [-0.15, -0.1) is 0 Å². The van der Waals surface area contributed by atoms with E-state index in [0.29, 0.717) is 12.6 Å². The van der Waals surface area contributed by atoms with Crippen LogP contribution in [0.2, 0.25) is 0 Å². The van der Waals surface area contributed by atoms with Crippen molar-refractivity contribution >= 4 is 5.97 Å². The molecule has 0 amide bonds. The molecule has 0 aliphatic carbocycles. The lowest BCUT2D eigenvalue weighted by molar-refractivity contribution is -0.141. The lowest BCUT2D eigenvalue weighted by Crippen LogP contribution is -2.36. The maximum Gasteiger partial charge on any atom is 0.307 e. The van der Waals surface area contributed by atoms with Gasteiger partial charge in [0.1, 0.15) is 0 Å². The lowest BCUT2D eigenvalue weighted by Gasteiger charge is -2.28. The molecule has 3 nitrogen and oxygen atoms in total. The van der Waals surface area contributed by atoms with Crippen molar-refractivity contribution in [2.75, 3.05) is 6.54 Å². The van der Waals surface area contributed by atoms with E-state index in [2.05, 4.69) is 49.9 Å². The summed E-state index contributed by atoms with van der Waals surface area (Å²) in [7, 11) is 0. The first-order valence-electron chi connectivity index (χ1n) is 6.42. The molecule has 18 heavy (non-hydrogen) atoms. The molecule has 0 saturated heterocycles. The first-order chi connectivity index (χ1) is 8.40. The summed E-state index contributed by atoms with van der Waals surface area (Å²) in [5.41, 5.74) is 2.47. The zero-order valence-electron chi connectivity index (χ0n) is 11.7. The summed E-state index contributed by atoms with van der Waals surface area (Å²) in [6, 6.07) is 8.74. The summed E-state index contributed by atoms with van der Waals surface area (Å²) < 4.78 is 0.